The standard InChI is InChI=1S/C16H23ClNO6P/c1-10(2)15(19)23-11(3)24-16(20)18-8-13(9-25(21)22)12-4-6-14(17)7-5-12/h4-7,10-11,13,21-22H,8-9H2,1-3H3,(H,18,20)/t11?,13-/m1/s1. The summed E-state index contributed by atoms with van der Waals surface area (Å²) in [5.74, 6) is -1.11. The number of halogens is 1. The molecule has 0 aliphatic heterocycles. The van der Waals surface area contributed by atoms with Crippen LogP contribution in [0.4, 0.5) is 4.79 Å². The van der Waals surface area contributed by atoms with E-state index < -0.39 is 26.7 Å². The Hall–Kier alpha value is -1.40. The van der Waals surface area contributed by atoms with Crippen LogP contribution in [0.1, 0.15) is 32.3 Å². The fourth-order valence-electron chi connectivity index (χ4n) is 1.94. The summed E-state index contributed by atoms with van der Waals surface area (Å²) < 4.78 is 9.89. The molecule has 0 spiro atoms. The van der Waals surface area contributed by atoms with Crippen molar-refractivity contribution in [2.75, 3.05) is 12.7 Å². The first kappa shape index (κ1) is 21.6. The molecular formula is C16H23ClNO6P. The molecule has 1 unspecified atom stereocenters. The third-order valence-electron chi connectivity index (χ3n) is 3.24. The molecule has 0 aliphatic rings. The normalized spacial score (nSPS) is 13.4. The SMILES string of the molecule is CC(OC(=O)NC[C@H](CP(O)O)c1ccc(Cl)cc1)OC(=O)C(C)C. The second-order valence-corrected chi connectivity index (χ2v) is 7.29. The van der Waals surface area contributed by atoms with Gasteiger partial charge in [0.25, 0.3) is 0 Å². The van der Waals surface area contributed by atoms with E-state index in [0.29, 0.717) is 5.02 Å². The van der Waals surface area contributed by atoms with Crippen LogP contribution in [0.3, 0.4) is 0 Å². The van der Waals surface area contributed by atoms with Gasteiger partial charge in [-0.1, -0.05) is 37.6 Å². The zero-order valence-electron chi connectivity index (χ0n) is 14.3. The number of carbonyl (C=O) groups excluding carboxylic acids is 2. The maximum Gasteiger partial charge on any atom is 0.410 e. The van der Waals surface area contributed by atoms with Crippen LogP contribution in [0.15, 0.2) is 24.3 Å². The van der Waals surface area contributed by atoms with Crippen LogP contribution in [-0.4, -0.2) is 40.8 Å². The summed E-state index contributed by atoms with van der Waals surface area (Å²) in [5, 5.41) is 3.10. The van der Waals surface area contributed by atoms with Gasteiger partial charge in [0.05, 0.1) is 5.92 Å². The number of benzene rings is 1. The molecule has 0 aliphatic carbocycles. The van der Waals surface area contributed by atoms with E-state index in [4.69, 9.17) is 21.1 Å². The molecular weight excluding hydrogens is 369 g/mol. The molecule has 0 saturated heterocycles. The summed E-state index contributed by atoms with van der Waals surface area (Å²) in [6.45, 7) is 4.92. The topological polar surface area (TPSA) is 105 Å². The zero-order chi connectivity index (χ0) is 19.0. The van der Waals surface area contributed by atoms with Gasteiger partial charge in [-0.25, -0.2) is 4.79 Å². The molecule has 25 heavy (non-hydrogen) atoms. The lowest BCUT2D eigenvalue weighted by molar-refractivity contribution is -0.168. The van der Waals surface area contributed by atoms with Gasteiger partial charge in [0.2, 0.25) is 6.29 Å². The summed E-state index contributed by atoms with van der Waals surface area (Å²) in [6, 6.07) is 6.89. The molecule has 1 aromatic carbocycles. The average Bonchev–Trinajstić information content (AvgIpc) is 2.51. The number of nitrogens with one attached hydrogen (secondary N) is 1. The monoisotopic (exact) mass is 391 g/mol. The molecule has 0 bridgehead atoms. The van der Waals surface area contributed by atoms with Gasteiger partial charge in [-0.05, 0) is 17.7 Å². The van der Waals surface area contributed by atoms with Gasteiger partial charge in [-0.3, -0.25) is 4.79 Å². The van der Waals surface area contributed by atoms with E-state index in [1.54, 1.807) is 38.1 Å². The van der Waals surface area contributed by atoms with Gasteiger partial charge in [0.15, 0.2) is 8.38 Å². The average molecular weight is 392 g/mol. The number of rotatable bonds is 8. The molecule has 140 valence electrons. The van der Waals surface area contributed by atoms with Crippen molar-refractivity contribution in [3.63, 3.8) is 0 Å². The third kappa shape index (κ3) is 8.50. The number of amides is 1. The van der Waals surface area contributed by atoms with Crippen molar-refractivity contribution in [3.8, 4) is 0 Å². The second kappa shape index (κ2) is 10.6. The lowest BCUT2D eigenvalue weighted by Gasteiger charge is -2.20. The molecule has 9 heteroatoms. The van der Waals surface area contributed by atoms with Gasteiger partial charge in [0, 0.05) is 30.6 Å². The van der Waals surface area contributed by atoms with Gasteiger partial charge in [-0.2, -0.15) is 0 Å². The molecule has 2 atom stereocenters. The predicted molar refractivity (Wildman–Crippen MR) is 95.3 cm³/mol. The molecule has 1 aromatic rings. The van der Waals surface area contributed by atoms with E-state index in [9.17, 15) is 19.4 Å². The second-order valence-electron chi connectivity index (χ2n) is 5.75. The van der Waals surface area contributed by atoms with Crippen LogP contribution in [-0.2, 0) is 14.3 Å². The summed E-state index contributed by atoms with van der Waals surface area (Å²) in [5.41, 5.74) is 0.805. The minimum atomic E-state index is -2.13. The Morgan fingerprint density at radius 3 is 2.28 bits per heavy atom. The maximum atomic E-state index is 11.8. The first-order valence-electron chi connectivity index (χ1n) is 7.74. The summed E-state index contributed by atoms with van der Waals surface area (Å²) in [6.07, 6.45) is -1.69. The molecule has 0 fully saturated rings. The third-order valence-corrected chi connectivity index (χ3v) is 4.26. The number of alkyl carbamates (subject to hydrolysis) is 1. The molecule has 0 aromatic heterocycles. The van der Waals surface area contributed by atoms with Crippen molar-refractivity contribution in [1.82, 2.24) is 5.32 Å². The molecule has 1 rings (SSSR count). The van der Waals surface area contributed by atoms with Crippen molar-refractivity contribution in [2.45, 2.75) is 33.0 Å². The fraction of sp³-hybridized carbons (Fsp3) is 0.500. The molecule has 0 heterocycles. The number of carbonyl (C=O) groups is 2. The van der Waals surface area contributed by atoms with Crippen LogP contribution in [0.25, 0.3) is 0 Å². The summed E-state index contributed by atoms with van der Waals surface area (Å²) in [7, 11) is -2.13. The van der Waals surface area contributed by atoms with Crippen LogP contribution in [0.5, 0.6) is 0 Å². The number of esters is 1. The lowest BCUT2D eigenvalue weighted by atomic mass is 10.0. The van der Waals surface area contributed by atoms with E-state index in [1.807, 2.05) is 0 Å². The van der Waals surface area contributed by atoms with E-state index in [2.05, 4.69) is 5.32 Å². The highest BCUT2D eigenvalue weighted by Gasteiger charge is 2.20. The molecule has 0 radical (unpaired) electrons. The number of hydrogen-bond donors (Lipinski definition) is 3. The van der Waals surface area contributed by atoms with Crippen LogP contribution >= 0.6 is 20.0 Å². The van der Waals surface area contributed by atoms with Gasteiger partial charge < -0.3 is 24.6 Å². The van der Waals surface area contributed by atoms with E-state index in [-0.39, 0.29) is 24.5 Å². The smallest absolute Gasteiger partial charge is 0.410 e. The fourth-order valence-corrected chi connectivity index (χ4v) is 2.80. The van der Waals surface area contributed by atoms with Gasteiger partial charge >= 0.3 is 12.1 Å². The first-order valence-corrected chi connectivity index (χ1v) is 9.55. The van der Waals surface area contributed by atoms with E-state index in [1.165, 1.54) is 6.92 Å². The highest BCUT2D eigenvalue weighted by atomic mass is 35.5. The molecule has 0 saturated carbocycles. The number of hydrogen-bond acceptors (Lipinski definition) is 6. The van der Waals surface area contributed by atoms with Crippen molar-refractivity contribution in [2.24, 2.45) is 5.92 Å². The van der Waals surface area contributed by atoms with Crippen molar-refractivity contribution in [3.05, 3.63) is 34.9 Å². The zero-order valence-corrected chi connectivity index (χ0v) is 16.0. The Morgan fingerprint density at radius 2 is 1.76 bits per heavy atom. The Morgan fingerprint density at radius 1 is 1.16 bits per heavy atom. The minimum absolute atomic E-state index is 0.0924. The first-order chi connectivity index (χ1) is 11.7. The Bertz CT molecular complexity index is 566. The van der Waals surface area contributed by atoms with Crippen molar-refractivity contribution < 1.29 is 28.8 Å². The molecule has 1 amide bonds. The van der Waals surface area contributed by atoms with Crippen molar-refractivity contribution >= 4 is 32.0 Å². The molecule has 7 nitrogen and oxygen atoms in total. The van der Waals surface area contributed by atoms with E-state index >= 15 is 0 Å². The van der Waals surface area contributed by atoms with E-state index in [0.717, 1.165) is 5.56 Å². The van der Waals surface area contributed by atoms with Crippen LogP contribution < -0.4 is 5.32 Å². The Labute approximate surface area is 153 Å². The summed E-state index contributed by atoms with van der Waals surface area (Å²) in [4.78, 5) is 41.8. The van der Waals surface area contributed by atoms with Crippen LogP contribution in [0, 0.1) is 5.92 Å². The number of ether oxygens (including phenoxy) is 2. The quantitative estimate of drug-likeness (QED) is 0.357. The lowest BCUT2D eigenvalue weighted by Crippen LogP contribution is -2.34. The Kier molecular flexibility index (Phi) is 9.14. The summed E-state index contributed by atoms with van der Waals surface area (Å²) >= 11 is 5.84. The maximum absolute atomic E-state index is 11.8. The van der Waals surface area contributed by atoms with Crippen LogP contribution in [0.2, 0.25) is 5.02 Å². The van der Waals surface area contributed by atoms with Gasteiger partial charge in [0.1, 0.15) is 0 Å². The predicted octanol–water partition coefficient (Wildman–Crippen LogP) is 2.99. The van der Waals surface area contributed by atoms with Crippen molar-refractivity contribution in [1.29, 1.82) is 0 Å². The largest absolute Gasteiger partial charge is 0.425 e. The van der Waals surface area contributed by atoms with Gasteiger partial charge in [-0.15, -0.1) is 0 Å². The highest BCUT2D eigenvalue weighted by molar-refractivity contribution is 7.45. The highest BCUT2D eigenvalue weighted by Crippen LogP contribution is 2.32. The Balaban J connectivity index is 2.56. The minimum Gasteiger partial charge on any atom is -0.425 e. The molecule has 3 N–H and O–H groups in total.